The fourth-order valence-corrected chi connectivity index (χ4v) is 6.12. The molecule has 1 aromatic heterocycles. The minimum atomic E-state index is -2.10. The normalized spacial score (nSPS) is 41.5. The third kappa shape index (κ3) is 4.11. The molecule has 3 fully saturated rings. The van der Waals surface area contributed by atoms with Crippen LogP contribution < -0.4 is 16.0 Å². The van der Waals surface area contributed by atoms with Crippen molar-refractivity contribution in [2.24, 2.45) is 7.05 Å². The quantitative estimate of drug-likeness (QED) is 0.319. The number of para-hydroxylation sites is 1. The van der Waals surface area contributed by atoms with Crippen molar-refractivity contribution >= 4 is 10.9 Å². The lowest BCUT2D eigenvalue weighted by Gasteiger charge is -2.59. The largest absolute Gasteiger partial charge is 0.390 e. The number of fused-ring (bicyclic) bond motifs is 3. The second-order valence-corrected chi connectivity index (χ2v) is 10.3. The molecule has 10 nitrogen and oxygen atoms in total. The van der Waals surface area contributed by atoms with Crippen molar-refractivity contribution in [3.63, 3.8) is 0 Å². The van der Waals surface area contributed by atoms with Crippen molar-refractivity contribution in [1.82, 2.24) is 20.5 Å². The summed E-state index contributed by atoms with van der Waals surface area (Å²) in [5.74, 6) is -2.10. The number of aliphatic hydroxyl groups excluding tert-OH is 1. The number of rotatable bonds is 6. The fraction of sp³-hybridized carbons (Fsp3) is 0.680. The molecule has 5 rings (SSSR count). The summed E-state index contributed by atoms with van der Waals surface area (Å²) in [6, 6.07) is 7.46. The van der Waals surface area contributed by atoms with Crippen LogP contribution >= 0.6 is 0 Å². The number of benzene rings is 1. The molecule has 2 aromatic rings. The highest BCUT2D eigenvalue weighted by atomic mass is 16.8. The summed E-state index contributed by atoms with van der Waals surface area (Å²) in [6.45, 7) is 2.43. The SMILES string of the molecule is CNC1CC2OC3OC(C)CC(O)(CNCc4cn(C)c5ccccc45)C3(O)OC2C(NC)C1O. The third-order valence-electron chi connectivity index (χ3n) is 7.98. The molecule has 3 heterocycles. The molecule has 6 N–H and O–H groups in total. The van der Waals surface area contributed by atoms with Gasteiger partial charge in [-0.2, -0.15) is 0 Å². The van der Waals surface area contributed by atoms with E-state index in [1.807, 2.05) is 26.1 Å². The smallest absolute Gasteiger partial charge is 0.249 e. The van der Waals surface area contributed by atoms with Crippen molar-refractivity contribution in [3.8, 4) is 0 Å². The Hall–Kier alpha value is -1.60. The molecule has 0 radical (unpaired) electrons. The van der Waals surface area contributed by atoms with E-state index in [-0.39, 0.29) is 25.1 Å². The molecule has 10 heteroatoms. The van der Waals surface area contributed by atoms with Crippen molar-refractivity contribution in [3.05, 3.63) is 36.0 Å². The Labute approximate surface area is 205 Å². The molecule has 194 valence electrons. The summed E-state index contributed by atoms with van der Waals surface area (Å²) < 4.78 is 20.5. The van der Waals surface area contributed by atoms with Gasteiger partial charge in [0.25, 0.3) is 0 Å². The van der Waals surface area contributed by atoms with Crippen LogP contribution in [-0.4, -0.2) is 94.7 Å². The Morgan fingerprint density at radius 3 is 2.66 bits per heavy atom. The fourth-order valence-electron chi connectivity index (χ4n) is 6.12. The topological polar surface area (TPSA) is 129 Å². The van der Waals surface area contributed by atoms with Crippen LogP contribution in [0.5, 0.6) is 0 Å². The van der Waals surface area contributed by atoms with Gasteiger partial charge in [0, 0.05) is 49.7 Å². The zero-order valence-electron chi connectivity index (χ0n) is 20.8. The molecule has 1 saturated carbocycles. The molecule has 35 heavy (non-hydrogen) atoms. The first-order valence-electron chi connectivity index (χ1n) is 12.4. The second-order valence-electron chi connectivity index (χ2n) is 10.3. The predicted octanol–water partition coefficient (Wildman–Crippen LogP) is -0.453. The number of hydrogen-bond acceptors (Lipinski definition) is 9. The molecule has 1 aliphatic carbocycles. The van der Waals surface area contributed by atoms with Gasteiger partial charge in [-0.25, -0.2) is 0 Å². The number of nitrogens with one attached hydrogen (secondary N) is 3. The first-order valence-corrected chi connectivity index (χ1v) is 12.4. The van der Waals surface area contributed by atoms with E-state index in [4.69, 9.17) is 14.2 Å². The summed E-state index contributed by atoms with van der Waals surface area (Å²) in [5.41, 5.74) is 0.554. The van der Waals surface area contributed by atoms with Crippen LogP contribution in [0.25, 0.3) is 10.9 Å². The zero-order valence-corrected chi connectivity index (χ0v) is 20.8. The van der Waals surface area contributed by atoms with Crippen LogP contribution in [0.15, 0.2) is 30.5 Å². The maximum absolute atomic E-state index is 11.8. The van der Waals surface area contributed by atoms with Gasteiger partial charge in [0.1, 0.15) is 11.7 Å². The first kappa shape index (κ1) is 25.1. The van der Waals surface area contributed by atoms with Gasteiger partial charge in [0.2, 0.25) is 12.1 Å². The lowest BCUT2D eigenvalue weighted by atomic mass is 9.79. The van der Waals surface area contributed by atoms with E-state index in [2.05, 4.69) is 38.8 Å². The summed E-state index contributed by atoms with van der Waals surface area (Å²) in [5, 5.41) is 45.1. The van der Waals surface area contributed by atoms with Gasteiger partial charge in [-0.1, -0.05) is 18.2 Å². The van der Waals surface area contributed by atoms with E-state index in [0.29, 0.717) is 13.0 Å². The minimum Gasteiger partial charge on any atom is -0.390 e. The standard InChI is InChI=1S/C25H38N4O6/c1-14-10-24(31,13-28-11-15-12-29(4)18-8-6-5-7-16(15)18)25(32)23(33-14)34-19-9-17(26-2)21(30)20(27-3)22(19)35-25/h5-8,12,14,17,19-23,26-28,30-32H,9-11,13H2,1-4H3. The second kappa shape index (κ2) is 9.37. The molecule has 9 atom stereocenters. The maximum Gasteiger partial charge on any atom is 0.249 e. The van der Waals surface area contributed by atoms with Crippen molar-refractivity contribution in [1.29, 1.82) is 0 Å². The van der Waals surface area contributed by atoms with E-state index < -0.39 is 42.0 Å². The Bertz CT molecular complexity index is 1050. The van der Waals surface area contributed by atoms with Gasteiger partial charge in [0.15, 0.2) is 0 Å². The number of hydrogen-bond donors (Lipinski definition) is 6. The molecular weight excluding hydrogens is 452 g/mol. The van der Waals surface area contributed by atoms with E-state index in [9.17, 15) is 15.3 Å². The number of aliphatic hydroxyl groups is 3. The first-order chi connectivity index (χ1) is 16.7. The lowest BCUT2D eigenvalue weighted by Crippen LogP contribution is -2.79. The maximum atomic E-state index is 11.8. The Morgan fingerprint density at radius 1 is 1.14 bits per heavy atom. The number of ether oxygens (including phenoxy) is 3. The highest BCUT2D eigenvalue weighted by Crippen LogP contribution is 2.46. The average molecular weight is 491 g/mol. The summed E-state index contributed by atoms with van der Waals surface area (Å²) in [4.78, 5) is 0. The third-order valence-corrected chi connectivity index (χ3v) is 7.98. The number of likely N-dealkylation sites (N-methyl/N-ethyl adjacent to an activating group) is 2. The molecule has 0 bridgehead atoms. The molecule has 1 aromatic carbocycles. The summed E-state index contributed by atoms with van der Waals surface area (Å²) in [7, 11) is 5.53. The molecule has 9 unspecified atom stereocenters. The van der Waals surface area contributed by atoms with Gasteiger partial charge in [-0.15, -0.1) is 0 Å². The van der Waals surface area contributed by atoms with Crippen molar-refractivity contribution in [2.45, 2.75) is 80.5 Å². The lowest BCUT2D eigenvalue weighted by molar-refractivity contribution is -0.477. The van der Waals surface area contributed by atoms with Crippen LogP contribution in [0.1, 0.15) is 25.3 Å². The molecule has 3 aliphatic rings. The van der Waals surface area contributed by atoms with Crippen LogP contribution in [-0.2, 0) is 27.8 Å². The van der Waals surface area contributed by atoms with E-state index in [1.54, 1.807) is 14.1 Å². The Morgan fingerprint density at radius 2 is 1.91 bits per heavy atom. The Balaban J connectivity index is 1.36. The van der Waals surface area contributed by atoms with Gasteiger partial charge in [-0.05, 0) is 39.1 Å². The summed E-state index contributed by atoms with van der Waals surface area (Å²) >= 11 is 0. The van der Waals surface area contributed by atoms with Crippen LogP contribution in [0, 0.1) is 0 Å². The van der Waals surface area contributed by atoms with E-state index >= 15 is 0 Å². The van der Waals surface area contributed by atoms with Gasteiger partial charge < -0.3 is 50.0 Å². The minimum absolute atomic E-state index is 0.0730. The summed E-state index contributed by atoms with van der Waals surface area (Å²) in [6.07, 6.45) is -0.621. The molecule has 0 spiro atoms. The van der Waals surface area contributed by atoms with Crippen LogP contribution in [0.2, 0.25) is 0 Å². The highest BCUT2D eigenvalue weighted by Gasteiger charge is 2.67. The van der Waals surface area contributed by atoms with Gasteiger partial charge >= 0.3 is 0 Å². The molecular formula is C25H38N4O6. The van der Waals surface area contributed by atoms with Crippen LogP contribution in [0.4, 0.5) is 0 Å². The Kier molecular flexibility index (Phi) is 6.71. The molecule has 2 aliphatic heterocycles. The molecule has 2 saturated heterocycles. The highest BCUT2D eigenvalue weighted by molar-refractivity contribution is 5.83. The molecule has 0 amide bonds. The number of nitrogens with zero attached hydrogens (tertiary/aromatic N) is 1. The van der Waals surface area contributed by atoms with Crippen molar-refractivity contribution < 1.29 is 29.5 Å². The van der Waals surface area contributed by atoms with Crippen molar-refractivity contribution in [2.75, 3.05) is 20.6 Å². The van der Waals surface area contributed by atoms with Gasteiger partial charge in [-0.3, -0.25) is 0 Å². The van der Waals surface area contributed by atoms with Crippen LogP contribution in [0.3, 0.4) is 0 Å². The number of aryl methyl sites for hydroxylation is 1. The average Bonchev–Trinajstić information content (AvgIpc) is 3.14. The zero-order chi connectivity index (χ0) is 25.0. The van der Waals surface area contributed by atoms with Gasteiger partial charge in [0.05, 0.1) is 24.4 Å². The van der Waals surface area contributed by atoms with E-state index in [0.717, 1.165) is 16.5 Å². The number of aromatic nitrogens is 1. The van der Waals surface area contributed by atoms with E-state index in [1.165, 1.54) is 0 Å². The predicted molar refractivity (Wildman–Crippen MR) is 130 cm³/mol. The monoisotopic (exact) mass is 490 g/mol.